The Morgan fingerprint density at radius 3 is 2.21 bits per heavy atom. The van der Waals surface area contributed by atoms with E-state index in [1.54, 1.807) is 6.92 Å². The lowest BCUT2D eigenvalue weighted by atomic mass is 9.98. The Bertz CT molecular complexity index is 1530. The van der Waals surface area contributed by atoms with Crippen molar-refractivity contribution < 1.29 is 29.0 Å². The van der Waals surface area contributed by atoms with E-state index in [2.05, 4.69) is 27.8 Å². The molecule has 0 unspecified atom stereocenters. The molecule has 4 aromatic rings. The van der Waals surface area contributed by atoms with E-state index in [1.807, 2.05) is 66.7 Å². The molecular weight excluding hydrogens is 534 g/mol. The van der Waals surface area contributed by atoms with Crippen LogP contribution < -0.4 is 10.6 Å². The van der Waals surface area contributed by atoms with Crippen molar-refractivity contribution >= 4 is 18.0 Å². The van der Waals surface area contributed by atoms with Crippen molar-refractivity contribution in [1.82, 2.24) is 15.6 Å². The average molecular weight is 566 g/mol. The molecule has 0 spiro atoms. The van der Waals surface area contributed by atoms with Gasteiger partial charge in [0.25, 0.3) is 0 Å². The van der Waals surface area contributed by atoms with Gasteiger partial charge in [0.1, 0.15) is 12.6 Å². The van der Waals surface area contributed by atoms with E-state index >= 15 is 0 Å². The number of rotatable bonds is 11. The summed E-state index contributed by atoms with van der Waals surface area (Å²) in [5, 5.41) is 14.7. The maximum absolute atomic E-state index is 13.3. The van der Waals surface area contributed by atoms with Gasteiger partial charge >= 0.3 is 12.1 Å². The van der Waals surface area contributed by atoms with Gasteiger partial charge in [-0.3, -0.25) is 9.78 Å². The summed E-state index contributed by atoms with van der Waals surface area (Å²) in [5.74, 6) is -1.75. The van der Waals surface area contributed by atoms with Crippen LogP contribution in [0.1, 0.15) is 45.6 Å². The van der Waals surface area contributed by atoms with Gasteiger partial charge in [-0.05, 0) is 46.9 Å². The van der Waals surface area contributed by atoms with Crippen molar-refractivity contribution in [3.63, 3.8) is 0 Å². The number of aromatic nitrogens is 1. The Labute approximate surface area is 243 Å². The quantitative estimate of drug-likeness (QED) is 0.236. The highest BCUT2D eigenvalue weighted by Crippen LogP contribution is 2.44. The first kappa shape index (κ1) is 28.5. The Kier molecular flexibility index (Phi) is 8.89. The number of ether oxygens (including phenoxy) is 2. The summed E-state index contributed by atoms with van der Waals surface area (Å²) < 4.78 is 11.6. The fraction of sp³-hybridized carbons (Fsp3) is 0.212. The van der Waals surface area contributed by atoms with Crippen molar-refractivity contribution in [2.75, 3.05) is 6.61 Å². The average Bonchev–Trinajstić information content (AvgIpc) is 3.34. The third-order valence-corrected chi connectivity index (χ3v) is 7.23. The van der Waals surface area contributed by atoms with Gasteiger partial charge in [-0.25, -0.2) is 9.59 Å². The molecule has 2 atom stereocenters. The molecule has 0 bridgehead atoms. The lowest BCUT2D eigenvalue weighted by Gasteiger charge is -2.25. The van der Waals surface area contributed by atoms with Crippen molar-refractivity contribution in [1.29, 1.82) is 0 Å². The topological polar surface area (TPSA) is 127 Å². The molecule has 0 saturated heterocycles. The Morgan fingerprint density at radius 1 is 0.905 bits per heavy atom. The number of nitrogens with one attached hydrogen (secondary N) is 2. The number of aromatic carboxylic acids is 1. The Hall–Kier alpha value is -5.02. The summed E-state index contributed by atoms with van der Waals surface area (Å²) >= 11 is 0. The number of fused-ring (bicyclic) bond motifs is 3. The van der Waals surface area contributed by atoms with E-state index in [9.17, 15) is 19.5 Å². The molecule has 1 aromatic heterocycles. The monoisotopic (exact) mass is 565 g/mol. The zero-order valence-electron chi connectivity index (χ0n) is 23.0. The van der Waals surface area contributed by atoms with Crippen molar-refractivity contribution in [3.8, 4) is 11.1 Å². The zero-order valence-corrected chi connectivity index (χ0v) is 23.0. The van der Waals surface area contributed by atoms with Crippen LogP contribution in [0.5, 0.6) is 0 Å². The molecule has 42 heavy (non-hydrogen) atoms. The molecule has 3 aromatic carbocycles. The standard InChI is InChI=1S/C33H31N3O6/c1-21(41-19-22-9-3-2-4-10-22)30(31(37)35-18-24-17-23(32(38)39)15-16-34-24)36-33(40)42-20-29-27-13-7-5-11-25(27)26-12-6-8-14-28(26)29/h2-17,21,29-30H,18-20H2,1H3,(H,35,37)(H,36,40)(H,38,39)/t21-,30+/m0/s1. The van der Waals surface area contributed by atoms with Gasteiger partial charge in [-0.15, -0.1) is 0 Å². The molecule has 0 fully saturated rings. The lowest BCUT2D eigenvalue weighted by molar-refractivity contribution is -0.127. The summed E-state index contributed by atoms with van der Waals surface area (Å²) in [6, 6.07) is 27.2. The van der Waals surface area contributed by atoms with Crippen molar-refractivity contribution in [2.24, 2.45) is 0 Å². The highest BCUT2D eigenvalue weighted by molar-refractivity contribution is 5.88. The van der Waals surface area contributed by atoms with Gasteiger partial charge in [-0.2, -0.15) is 0 Å². The Morgan fingerprint density at radius 2 is 1.55 bits per heavy atom. The predicted molar refractivity (Wildman–Crippen MR) is 156 cm³/mol. The molecule has 0 aliphatic heterocycles. The molecule has 3 N–H and O–H groups in total. The number of benzene rings is 3. The van der Waals surface area contributed by atoms with Crippen LogP contribution in [0.3, 0.4) is 0 Å². The molecule has 5 rings (SSSR count). The first-order valence-electron chi connectivity index (χ1n) is 13.6. The number of alkyl carbamates (subject to hydrolysis) is 1. The molecule has 1 aliphatic rings. The summed E-state index contributed by atoms with van der Waals surface area (Å²) in [5.41, 5.74) is 5.72. The molecule has 0 saturated carbocycles. The van der Waals surface area contributed by atoms with Gasteiger partial charge in [0.05, 0.1) is 30.5 Å². The minimum absolute atomic E-state index is 0.0335. The number of hydrogen-bond donors (Lipinski definition) is 3. The van der Waals surface area contributed by atoms with E-state index in [0.29, 0.717) is 5.69 Å². The number of nitrogens with zero attached hydrogens (tertiary/aromatic N) is 1. The van der Waals surface area contributed by atoms with Gasteiger partial charge in [0.15, 0.2) is 0 Å². The smallest absolute Gasteiger partial charge is 0.407 e. The fourth-order valence-electron chi connectivity index (χ4n) is 5.06. The second-order valence-corrected chi connectivity index (χ2v) is 10.0. The van der Waals surface area contributed by atoms with Gasteiger partial charge in [0, 0.05) is 12.1 Å². The largest absolute Gasteiger partial charge is 0.478 e. The highest BCUT2D eigenvalue weighted by Gasteiger charge is 2.31. The van der Waals surface area contributed by atoms with Crippen LogP contribution in [-0.4, -0.2) is 46.8 Å². The lowest BCUT2D eigenvalue weighted by Crippen LogP contribution is -2.53. The van der Waals surface area contributed by atoms with Gasteiger partial charge < -0.3 is 25.2 Å². The van der Waals surface area contributed by atoms with Crippen LogP contribution in [0.4, 0.5) is 4.79 Å². The molecule has 1 heterocycles. The van der Waals surface area contributed by atoms with E-state index in [0.717, 1.165) is 27.8 Å². The second-order valence-electron chi connectivity index (χ2n) is 10.0. The van der Waals surface area contributed by atoms with Crippen LogP contribution in [0.15, 0.2) is 97.2 Å². The van der Waals surface area contributed by atoms with Crippen LogP contribution in [0.2, 0.25) is 0 Å². The molecule has 9 nitrogen and oxygen atoms in total. The summed E-state index contributed by atoms with van der Waals surface area (Å²) in [7, 11) is 0. The maximum atomic E-state index is 13.3. The van der Waals surface area contributed by atoms with Crippen LogP contribution in [-0.2, 0) is 27.4 Å². The highest BCUT2D eigenvalue weighted by atomic mass is 16.5. The SMILES string of the molecule is C[C@H](OCc1ccccc1)[C@@H](NC(=O)OCC1c2ccccc2-c2ccccc21)C(=O)NCc1cc(C(=O)O)ccn1. The molecule has 1 aliphatic carbocycles. The second kappa shape index (κ2) is 13.1. The van der Waals surface area contributed by atoms with Crippen molar-refractivity contribution in [2.45, 2.75) is 38.1 Å². The van der Waals surface area contributed by atoms with Gasteiger partial charge in [-0.1, -0.05) is 78.9 Å². The third-order valence-electron chi connectivity index (χ3n) is 7.23. The van der Waals surface area contributed by atoms with Crippen LogP contribution in [0.25, 0.3) is 11.1 Å². The molecule has 214 valence electrons. The van der Waals surface area contributed by atoms with E-state index in [1.165, 1.54) is 18.3 Å². The summed E-state index contributed by atoms with van der Waals surface area (Å²) in [6.07, 6.45) is -0.106. The molecule has 9 heteroatoms. The van der Waals surface area contributed by atoms with Crippen LogP contribution >= 0.6 is 0 Å². The number of carbonyl (C=O) groups excluding carboxylic acids is 2. The number of amides is 2. The number of hydrogen-bond acceptors (Lipinski definition) is 6. The maximum Gasteiger partial charge on any atom is 0.407 e. The first-order valence-corrected chi connectivity index (χ1v) is 13.6. The van der Waals surface area contributed by atoms with Gasteiger partial charge in [0.2, 0.25) is 5.91 Å². The Balaban J connectivity index is 1.26. The first-order chi connectivity index (χ1) is 20.4. The number of carboxylic acid groups (broad SMARTS) is 1. The fourth-order valence-corrected chi connectivity index (χ4v) is 5.06. The summed E-state index contributed by atoms with van der Waals surface area (Å²) in [6.45, 7) is 1.99. The van der Waals surface area contributed by atoms with E-state index < -0.39 is 30.1 Å². The minimum atomic E-state index is -1.09. The van der Waals surface area contributed by atoms with Crippen molar-refractivity contribution in [3.05, 3.63) is 125 Å². The third kappa shape index (κ3) is 6.64. The number of carboxylic acids is 1. The minimum Gasteiger partial charge on any atom is -0.478 e. The molecule has 2 amide bonds. The number of carbonyl (C=O) groups is 3. The predicted octanol–water partition coefficient (Wildman–Crippen LogP) is 4.91. The van der Waals surface area contributed by atoms with Crippen LogP contribution in [0, 0.1) is 0 Å². The van der Waals surface area contributed by atoms with E-state index in [4.69, 9.17) is 9.47 Å². The number of pyridine rings is 1. The summed E-state index contributed by atoms with van der Waals surface area (Å²) in [4.78, 5) is 41.8. The zero-order chi connectivity index (χ0) is 29.5. The normalized spacial score (nSPS) is 13.4. The van der Waals surface area contributed by atoms with E-state index in [-0.39, 0.29) is 31.2 Å². The molecular formula is C33H31N3O6. The molecule has 0 radical (unpaired) electrons.